The third kappa shape index (κ3) is 5.57. The molecule has 1 fully saturated rings. The van der Waals surface area contributed by atoms with E-state index in [-0.39, 0.29) is 10.9 Å². The van der Waals surface area contributed by atoms with Gasteiger partial charge in [-0.05, 0) is 58.0 Å². The normalized spacial score (nSPS) is 15.3. The van der Waals surface area contributed by atoms with Gasteiger partial charge in [-0.2, -0.15) is 13.2 Å². The molecule has 37 heavy (non-hydrogen) atoms. The first-order valence-corrected chi connectivity index (χ1v) is 12.4. The minimum atomic E-state index is -4.56. The number of H-pyrrole nitrogens is 1. The van der Waals surface area contributed by atoms with E-state index in [1.165, 1.54) is 6.20 Å². The van der Waals surface area contributed by atoms with Gasteiger partial charge in [0.15, 0.2) is 5.69 Å². The number of aryl methyl sites for hydroxylation is 1. The molecule has 0 radical (unpaired) electrons. The monoisotopic (exact) mass is 532 g/mol. The fraction of sp³-hybridized carbons (Fsp3) is 0.375. The molecule has 0 aromatic carbocycles. The number of thiazole rings is 1. The first-order chi connectivity index (χ1) is 17.7. The number of ether oxygens (including phenoxy) is 1. The van der Waals surface area contributed by atoms with E-state index in [1.807, 2.05) is 0 Å². The van der Waals surface area contributed by atoms with Crippen LogP contribution in [0.15, 0.2) is 39.1 Å². The molecule has 13 heteroatoms. The predicted octanol–water partition coefficient (Wildman–Crippen LogP) is 4.66. The van der Waals surface area contributed by atoms with Gasteiger partial charge in [0.2, 0.25) is 5.88 Å². The molecule has 5 rings (SSSR count). The Morgan fingerprint density at radius 2 is 1.95 bits per heavy atom. The summed E-state index contributed by atoms with van der Waals surface area (Å²) in [6.45, 7) is 4.14. The van der Waals surface area contributed by atoms with Crippen molar-refractivity contribution in [2.75, 3.05) is 26.7 Å². The molecule has 1 aliphatic heterocycles. The Bertz CT molecular complexity index is 1460. The van der Waals surface area contributed by atoms with E-state index in [0.29, 0.717) is 46.4 Å². The summed E-state index contributed by atoms with van der Waals surface area (Å²) < 4.78 is 51.1. The number of nitrogens with zero attached hydrogens (tertiary/aromatic N) is 5. The number of alkyl halides is 3. The maximum absolute atomic E-state index is 13.3. The number of aromatic amines is 1. The number of halogens is 3. The molecular weight excluding hydrogens is 509 g/mol. The number of nitrogens with one attached hydrogen (secondary N) is 1. The van der Waals surface area contributed by atoms with Crippen LogP contribution in [-0.4, -0.2) is 56.8 Å². The number of rotatable bonds is 6. The van der Waals surface area contributed by atoms with Crippen LogP contribution in [0.5, 0.6) is 5.88 Å². The van der Waals surface area contributed by atoms with Gasteiger partial charge in [0.25, 0.3) is 5.89 Å². The van der Waals surface area contributed by atoms with Crippen LogP contribution in [0.3, 0.4) is 0 Å². The molecule has 0 atom stereocenters. The molecule has 0 saturated carbocycles. The van der Waals surface area contributed by atoms with E-state index in [2.05, 4.69) is 37.1 Å². The molecule has 0 amide bonds. The van der Waals surface area contributed by atoms with Crippen molar-refractivity contribution in [3.05, 3.63) is 51.8 Å². The second-order valence-electron chi connectivity index (χ2n) is 8.96. The molecule has 0 aliphatic carbocycles. The molecule has 1 aliphatic rings. The Balaban J connectivity index is 1.58. The predicted molar refractivity (Wildman–Crippen MR) is 130 cm³/mol. The van der Waals surface area contributed by atoms with Crippen molar-refractivity contribution in [1.82, 2.24) is 30.0 Å². The van der Waals surface area contributed by atoms with Crippen molar-refractivity contribution in [1.29, 1.82) is 0 Å². The van der Waals surface area contributed by atoms with Gasteiger partial charge in [-0.15, -0.1) is 16.4 Å². The van der Waals surface area contributed by atoms with Gasteiger partial charge in [0.05, 0.1) is 12.2 Å². The van der Waals surface area contributed by atoms with Crippen LogP contribution in [0.25, 0.3) is 33.2 Å². The van der Waals surface area contributed by atoms with Crippen LogP contribution in [0.1, 0.15) is 24.2 Å². The number of hydrogen-bond acceptors (Lipinski definition) is 9. The van der Waals surface area contributed by atoms with Crippen molar-refractivity contribution in [2.24, 2.45) is 5.92 Å². The average molecular weight is 533 g/mol. The van der Waals surface area contributed by atoms with Gasteiger partial charge >= 0.3 is 11.9 Å². The SMILES string of the molecule is Cc1cc(-c2nc(C(F)(F)F)cs2)c(-c2cc(-c3n[nH]c(=O)o3)cnc2OCC2CCN(C)CC2)cn1. The largest absolute Gasteiger partial charge is 0.477 e. The third-order valence-electron chi connectivity index (χ3n) is 6.19. The van der Waals surface area contributed by atoms with Crippen LogP contribution >= 0.6 is 11.3 Å². The number of piperidine rings is 1. The fourth-order valence-electron chi connectivity index (χ4n) is 4.14. The van der Waals surface area contributed by atoms with E-state index < -0.39 is 17.6 Å². The van der Waals surface area contributed by atoms with Gasteiger partial charge in [-0.1, -0.05) is 0 Å². The van der Waals surface area contributed by atoms with Crippen molar-refractivity contribution in [3.63, 3.8) is 0 Å². The molecule has 1 saturated heterocycles. The second-order valence-corrected chi connectivity index (χ2v) is 9.82. The van der Waals surface area contributed by atoms with Crippen molar-refractivity contribution in [3.8, 4) is 39.0 Å². The standard InChI is InChI=1S/C24H23F3N6O3S/c1-13-7-17(22-30-19(12-37-22)24(25,26)27)18(10-28-13)16-8-15(20-31-32-23(34)36-20)9-29-21(16)35-11-14-3-5-33(2)6-4-14/h7-10,12,14H,3-6,11H2,1-2H3,(H,32,34). The molecule has 0 spiro atoms. The minimum absolute atomic E-state index is 0.0239. The first-order valence-electron chi connectivity index (χ1n) is 11.5. The van der Waals surface area contributed by atoms with Gasteiger partial charge in [-0.3, -0.25) is 4.98 Å². The zero-order valence-corrected chi connectivity index (χ0v) is 20.8. The molecule has 0 bridgehead atoms. The lowest BCUT2D eigenvalue weighted by atomic mass is 9.98. The van der Waals surface area contributed by atoms with E-state index >= 15 is 0 Å². The number of pyridine rings is 2. The maximum atomic E-state index is 13.3. The van der Waals surface area contributed by atoms with Crippen LogP contribution in [0, 0.1) is 12.8 Å². The molecule has 194 valence electrons. The summed E-state index contributed by atoms with van der Waals surface area (Å²) in [5.74, 6) is -0.0611. The summed E-state index contributed by atoms with van der Waals surface area (Å²) in [5, 5.41) is 7.24. The summed E-state index contributed by atoms with van der Waals surface area (Å²) in [5.41, 5.74) is 1.46. The zero-order chi connectivity index (χ0) is 26.2. The van der Waals surface area contributed by atoms with Crippen molar-refractivity contribution >= 4 is 11.3 Å². The lowest BCUT2D eigenvalue weighted by Gasteiger charge is -2.28. The molecule has 4 aromatic heterocycles. The quantitative estimate of drug-likeness (QED) is 0.382. The summed E-state index contributed by atoms with van der Waals surface area (Å²) in [7, 11) is 2.08. The van der Waals surface area contributed by atoms with Gasteiger partial charge in [0.1, 0.15) is 5.01 Å². The summed E-state index contributed by atoms with van der Waals surface area (Å²) >= 11 is 0.891. The third-order valence-corrected chi connectivity index (χ3v) is 7.06. The minimum Gasteiger partial charge on any atom is -0.477 e. The highest BCUT2D eigenvalue weighted by atomic mass is 32.1. The number of likely N-dealkylation sites (tertiary alicyclic amines) is 1. The summed E-state index contributed by atoms with van der Waals surface area (Å²) in [4.78, 5) is 26.5. The number of aromatic nitrogens is 5. The molecule has 0 unspecified atom stereocenters. The Morgan fingerprint density at radius 1 is 1.16 bits per heavy atom. The second kappa shape index (κ2) is 10.1. The Morgan fingerprint density at radius 3 is 2.62 bits per heavy atom. The molecule has 1 N–H and O–H groups in total. The summed E-state index contributed by atoms with van der Waals surface area (Å²) in [6.07, 6.45) is 0.443. The first kappa shape index (κ1) is 25.1. The fourth-order valence-corrected chi connectivity index (χ4v) is 4.99. The highest BCUT2D eigenvalue weighted by Gasteiger charge is 2.34. The smallest absolute Gasteiger partial charge is 0.434 e. The Labute approximate surface area is 213 Å². The van der Waals surface area contributed by atoms with E-state index in [9.17, 15) is 18.0 Å². The topological polar surface area (TPSA) is 110 Å². The van der Waals surface area contributed by atoms with Crippen LogP contribution in [0.2, 0.25) is 0 Å². The highest BCUT2D eigenvalue weighted by molar-refractivity contribution is 7.13. The molecule has 4 aromatic rings. The summed E-state index contributed by atoms with van der Waals surface area (Å²) in [6, 6.07) is 3.35. The van der Waals surface area contributed by atoms with Crippen LogP contribution < -0.4 is 10.5 Å². The van der Waals surface area contributed by atoms with Crippen molar-refractivity contribution in [2.45, 2.75) is 25.9 Å². The molecular formula is C24H23F3N6O3S. The van der Waals surface area contributed by atoms with Crippen LogP contribution in [-0.2, 0) is 6.18 Å². The highest BCUT2D eigenvalue weighted by Crippen LogP contribution is 2.41. The average Bonchev–Trinajstić information content (AvgIpc) is 3.53. The zero-order valence-electron chi connectivity index (χ0n) is 20.0. The van der Waals surface area contributed by atoms with Crippen LogP contribution in [0.4, 0.5) is 13.2 Å². The number of hydrogen-bond donors (Lipinski definition) is 1. The Kier molecular flexibility index (Phi) is 6.82. The van der Waals surface area contributed by atoms with Gasteiger partial charge in [-0.25, -0.2) is 19.9 Å². The molecule has 9 nitrogen and oxygen atoms in total. The Hall–Kier alpha value is -3.58. The van der Waals surface area contributed by atoms with Gasteiger partial charge in [0, 0.05) is 40.2 Å². The van der Waals surface area contributed by atoms with Gasteiger partial charge < -0.3 is 14.1 Å². The van der Waals surface area contributed by atoms with E-state index in [0.717, 1.165) is 42.6 Å². The lowest BCUT2D eigenvalue weighted by molar-refractivity contribution is -0.140. The lowest BCUT2D eigenvalue weighted by Crippen LogP contribution is -2.32. The maximum Gasteiger partial charge on any atom is 0.434 e. The van der Waals surface area contributed by atoms with E-state index in [1.54, 1.807) is 25.3 Å². The molecule has 5 heterocycles. The van der Waals surface area contributed by atoms with E-state index in [4.69, 9.17) is 9.15 Å². The van der Waals surface area contributed by atoms with Crippen molar-refractivity contribution < 1.29 is 22.3 Å².